The summed E-state index contributed by atoms with van der Waals surface area (Å²) < 4.78 is 50.2. The molecule has 1 unspecified atom stereocenters. The number of allylic oxidation sites excluding steroid dienone is 1. The monoisotopic (exact) mass is 262 g/mol. The third kappa shape index (κ3) is 2.22. The third-order valence-corrected chi connectivity index (χ3v) is 2.62. The van der Waals surface area contributed by atoms with Crippen LogP contribution in [-0.2, 0) is 0 Å². The molecule has 6 heteroatoms. The van der Waals surface area contributed by atoms with E-state index >= 15 is 0 Å². The minimum absolute atomic E-state index is 0.311. The van der Waals surface area contributed by atoms with Crippen LogP contribution in [0.3, 0.4) is 0 Å². The van der Waals surface area contributed by atoms with Crippen LogP contribution >= 0.6 is 15.9 Å². The zero-order valence-corrected chi connectivity index (χ0v) is 7.99. The molecule has 0 aromatic heterocycles. The number of aliphatic hydroxyl groups is 1. The maximum atomic E-state index is 12.6. The van der Waals surface area contributed by atoms with Crippen molar-refractivity contribution in [1.82, 2.24) is 0 Å². The van der Waals surface area contributed by atoms with E-state index in [0.717, 1.165) is 0 Å². The van der Waals surface area contributed by atoms with Gasteiger partial charge >= 0.3 is 4.83 Å². The molecule has 0 aromatic rings. The van der Waals surface area contributed by atoms with Gasteiger partial charge < -0.3 is 5.11 Å². The van der Waals surface area contributed by atoms with Gasteiger partial charge in [-0.05, 0) is 34.5 Å². The van der Waals surface area contributed by atoms with Gasteiger partial charge in [0.1, 0.15) is 0 Å². The highest BCUT2D eigenvalue weighted by Crippen LogP contribution is 2.44. The van der Waals surface area contributed by atoms with Crippen molar-refractivity contribution in [3.63, 3.8) is 0 Å². The second-order valence-corrected chi connectivity index (χ2v) is 4.01. The molecule has 0 bridgehead atoms. The van der Waals surface area contributed by atoms with E-state index < -0.39 is 29.2 Å². The summed E-state index contributed by atoms with van der Waals surface area (Å²) in [5, 5.41) is 9.22. The summed E-state index contributed by atoms with van der Waals surface area (Å²) in [4.78, 5) is -3.58. The standard InChI is InChI=1S/C7H7BrF4O/c8-7(11,12)5(13)1-3-6(9,10)4-2-5/h1,3,13H,2,4H2. The summed E-state index contributed by atoms with van der Waals surface area (Å²) in [6.45, 7) is 0. The molecule has 1 aliphatic carbocycles. The summed E-state index contributed by atoms with van der Waals surface area (Å²) in [6.07, 6.45) is -0.688. The van der Waals surface area contributed by atoms with E-state index in [0.29, 0.717) is 12.2 Å². The minimum Gasteiger partial charge on any atom is -0.378 e. The first-order chi connectivity index (χ1) is 5.66. The van der Waals surface area contributed by atoms with Crippen LogP contribution in [0.1, 0.15) is 12.8 Å². The van der Waals surface area contributed by atoms with Crippen molar-refractivity contribution >= 4 is 15.9 Å². The molecule has 0 heterocycles. The molecule has 0 saturated carbocycles. The molecule has 0 amide bonds. The van der Waals surface area contributed by atoms with Gasteiger partial charge in [-0.2, -0.15) is 8.78 Å². The Labute approximate surface area is 80.6 Å². The Kier molecular flexibility index (Phi) is 2.49. The Bertz CT molecular complexity index is 235. The van der Waals surface area contributed by atoms with E-state index in [1.54, 1.807) is 0 Å². The highest BCUT2D eigenvalue weighted by molar-refractivity contribution is 9.10. The Balaban J connectivity index is 2.88. The topological polar surface area (TPSA) is 20.2 Å². The largest absolute Gasteiger partial charge is 0.378 e. The average Bonchev–Trinajstić information content (AvgIpc) is 1.94. The minimum atomic E-state index is -3.58. The van der Waals surface area contributed by atoms with Crippen LogP contribution in [0.5, 0.6) is 0 Å². The number of hydrogen-bond acceptors (Lipinski definition) is 1. The smallest absolute Gasteiger partial charge is 0.332 e. The lowest BCUT2D eigenvalue weighted by molar-refractivity contribution is -0.108. The molecular weight excluding hydrogens is 256 g/mol. The zero-order valence-electron chi connectivity index (χ0n) is 6.41. The molecule has 0 fully saturated rings. The molecule has 76 valence electrons. The van der Waals surface area contributed by atoms with Crippen LogP contribution in [0, 0.1) is 0 Å². The number of rotatable bonds is 1. The fourth-order valence-electron chi connectivity index (χ4n) is 1.02. The van der Waals surface area contributed by atoms with Crippen LogP contribution in [0.15, 0.2) is 12.2 Å². The molecule has 1 nitrogen and oxygen atoms in total. The van der Waals surface area contributed by atoms with E-state index in [-0.39, 0.29) is 0 Å². The molecule has 0 aromatic carbocycles. The third-order valence-electron chi connectivity index (χ3n) is 1.93. The van der Waals surface area contributed by atoms with Crippen molar-refractivity contribution in [2.75, 3.05) is 0 Å². The molecule has 0 radical (unpaired) electrons. The molecule has 0 spiro atoms. The van der Waals surface area contributed by atoms with Gasteiger partial charge in [-0.25, -0.2) is 8.78 Å². The van der Waals surface area contributed by atoms with Crippen LogP contribution < -0.4 is 0 Å². The molecule has 1 rings (SSSR count). The van der Waals surface area contributed by atoms with Crippen molar-refractivity contribution in [2.45, 2.75) is 29.2 Å². The summed E-state index contributed by atoms with van der Waals surface area (Å²) in [5.74, 6) is -3.09. The molecule has 1 aliphatic rings. The van der Waals surface area contributed by atoms with E-state index in [1.807, 2.05) is 15.9 Å². The van der Waals surface area contributed by atoms with E-state index in [1.165, 1.54) is 0 Å². The SMILES string of the molecule is OC1(C(F)(F)Br)C=CC(F)(F)CC1. The normalized spacial score (nSPS) is 33.4. The van der Waals surface area contributed by atoms with Crippen molar-refractivity contribution < 1.29 is 22.7 Å². The maximum absolute atomic E-state index is 12.6. The van der Waals surface area contributed by atoms with Gasteiger partial charge in [0, 0.05) is 6.42 Å². The van der Waals surface area contributed by atoms with Gasteiger partial charge in [-0.1, -0.05) is 0 Å². The summed E-state index contributed by atoms with van der Waals surface area (Å²) in [6, 6.07) is 0. The van der Waals surface area contributed by atoms with Crippen LogP contribution in [0.4, 0.5) is 17.6 Å². The first kappa shape index (κ1) is 11.0. The van der Waals surface area contributed by atoms with E-state index in [9.17, 15) is 22.7 Å². The maximum Gasteiger partial charge on any atom is 0.332 e. The number of halogens is 5. The molecule has 1 N–H and O–H groups in total. The van der Waals surface area contributed by atoms with Gasteiger partial charge in [0.15, 0.2) is 5.60 Å². The van der Waals surface area contributed by atoms with Crippen molar-refractivity contribution in [3.05, 3.63) is 12.2 Å². The van der Waals surface area contributed by atoms with Gasteiger partial charge in [0.05, 0.1) is 0 Å². The van der Waals surface area contributed by atoms with Crippen LogP contribution in [0.2, 0.25) is 0 Å². The predicted molar refractivity (Wildman–Crippen MR) is 42.1 cm³/mol. The molecule has 0 saturated heterocycles. The van der Waals surface area contributed by atoms with Gasteiger partial charge in [0.25, 0.3) is 5.92 Å². The number of alkyl halides is 5. The average molecular weight is 263 g/mol. The number of hydrogen-bond donors (Lipinski definition) is 1. The van der Waals surface area contributed by atoms with Gasteiger partial charge in [-0.15, -0.1) is 0 Å². The first-order valence-corrected chi connectivity index (χ1v) is 4.33. The fraction of sp³-hybridized carbons (Fsp3) is 0.714. The fourth-order valence-corrected chi connectivity index (χ4v) is 1.35. The quantitative estimate of drug-likeness (QED) is 0.438. The van der Waals surface area contributed by atoms with Crippen molar-refractivity contribution in [2.24, 2.45) is 0 Å². The Morgan fingerprint density at radius 1 is 1.23 bits per heavy atom. The Morgan fingerprint density at radius 3 is 2.08 bits per heavy atom. The lowest BCUT2D eigenvalue weighted by Crippen LogP contribution is -2.45. The van der Waals surface area contributed by atoms with Gasteiger partial charge in [-0.3, -0.25) is 0 Å². The highest BCUT2D eigenvalue weighted by atomic mass is 79.9. The summed E-state index contributed by atoms with van der Waals surface area (Å²) in [5.41, 5.74) is -2.51. The molecular formula is C7H7BrF4O. The second kappa shape index (κ2) is 2.95. The van der Waals surface area contributed by atoms with E-state index in [2.05, 4.69) is 0 Å². The predicted octanol–water partition coefficient (Wildman–Crippen LogP) is 2.69. The van der Waals surface area contributed by atoms with Crippen molar-refractivity contribution in [3.8, 4) is 0 Å². The Morgan fingerprint density at radius 2 is 1.77 bits per heavy atom. The molecule has 0 aliphatic heterocycles. The zero-order chi connectivity index (χ0) is 10.3. The lowest BCUT2D eigenvalue weighted by atomic mass is 9.89. The summed E-state index contributed by atoms with van der Waals surface area (Å²) in [7, 11) is 0. The molecule has 1 atom stereocenters. The highest BCUT2D eigenvalue weighted by Gasteiger charge is 2.52. The van der Waals surface area contributed by atoms with E-state index in [4.69, 9.17) is 0 Å². The first-order valence-electron chi connectivity index (χ1n) is 3.54. The second-order valence-electron chi connectivity index (χ2n) is 3.02. The van der Waals surface area contributed by atoms with Gasteiger partial charge in [0.2, 0.25) is 0 Å². The lowest BCUT2D eigenvalue weighted by Gasteiger charge is -2.33. The van der Waals surface area contributed by atoms with Crippen LogP contribution in [0.25, 0.3) is 0 Å². The van der Waals surface area contributed by atoms with Crippen LogP contribution in [-0.4, -0.2) is 21.5 Å². The Hall–Kier alpha value is -0.100. The van der Waals surface area contributed by atoms with Crippen molar-refractivity contribution in [1.29, 1.82) is 0 Å². The summed E-state index contributed by atoms with van der Waals surface area (Å²) >= 11 is 1.95. The molecule has 13 heavy (non-hydrogen) atoms.